The van der Waals surface area contributed by atoms with Gasteiger partial charge < -0.3 is 14.4 Å². The van der Waals surface area contributed by atoms with Gasteiger partial charge in [-0.2, -0.15) is 0 Å². The highest BCUT2D eigenvalue weighted by Crippen LogP contribution is 2.66. The highest BCUT2D eigenvalue weighted by Gasteiger charge is 2.53. The molecular formula is C62H37NO2S. The van der Waals surface area contributed by atoms with Crippen LogP contribution in [0.3, 0.4) is 0 Å². The van der Waals surface area contributed by atoms with Crippen LogP contribution in [0, 0.1) is 0 Å². The minimum Gasteiger partial charge on any atom is -0.457 e. The molecule has 308 valence electrons. The maximum absolute atomic E-state index is 6.73. The maximum Gasteiger partial charge on any atom is 0.132 e. The summed E-state index contributed by atoms with van der Waals surface area (Å²) in [6.07, 6.45) is 0. The van der Waals surface area contributed by atoms with Gasteiger partial charge in [0.15, 0.2) is 0 Å². The summed E-state index contributed by atoms with van der Waals surface area (Å²) in [4.78, 5) is 2.56. The number of ether oxygens (including phenoxy) is 2. The van der Waals surface area contributed by atoms with E-state index < -0.39 is 10.8 Å². The first-order valence-corrected chi connectivity index (χ1v) is 23.5. The number of nitrogens with zero attached hydrogens (tertiary/aromatic N) is 1. The van der Waals surface area contributed by atoms with Crippen LogP contribution in [-0.4, -0.2) is 0 Å². The number of hydrogen-bond acceptors (Lipinski definition) is 4. The van der Waals surface area contributed by atoms with Crippen molar-refractivity contribution in [3.8, 4) is 45.3 Å². The Morgan fingerprint density at radius 2 is 0.788 bits per heavy atom. The third-order valence-electron chi connectivity index (χ3n) is 14.8. The Morgan fingerprint density at radius 3 is 1.44 bits per heavy atom. The highest BCUT2D eigenvalue weighted by molar-refractivity contribution is 7.26. The molecule has 0 unspecified atom stereocenters. The van der Waals surface area contributed by atoms with Gasteiger partial charge in [0.25, 0.3) is 0 Å². The van der Waals surface area contributed by atoms with Crippen molar-refractivity contribution in [3.05, 3.63) is 269 Å². The molecule has 0 amide bonds. The Labute approximate surface area is 386 Å². The van der Waals surface area contributed by atoms with Gasteiger partial charge >= 0.3 is 0 Å². The van der Waals surface area contributed by atoms with Crippen molar-refractivity contribution in [2.24, 2.45) is 0 Å². The molecule has 66 heavy (non-hydrogen) atoms. The molecule has 0 fully saturated rings. The molecule has 11 aromatic rings. The zero-order valence-corrected chi connectivity index (χ0v) is 36.4. The third-order valence-corrected chi connectivity index (χ3v) is 16.0. The van der Waals surface area contributed by atoms with E-state index in [0.717, 1.165) is 62.3 Å². The molecule has 3 heterocycles. The summed E-state index contributed by atoms with van der Waals surface area (Å²) >= 11 is 1.87. The van der Waals surface area contributed by atoms with E-state index in [0.29, 0.717) is 0 Å². The zero-order chi connectivity index (χ0) is 43.1. The maximum atomic E-state index is 6.73. The number of hydrogen-bond donors (Lipinski definition) is 0. The quantitative estimate of drug-likeness (QED) is 0.177. The molecule has 4 heteroatoms. The first kappa shape index (κ1) is 36.2. The van der Waals surface area contributed by atoms with Crippen LogP contribution in [0.1, 0.15) is 44.5 Å². The van der Waals surface area contributed by atoms with E-state index in [-0.39, 0.29) is 0 Å². The molecule has 2 spiro atoms. The van der Waals surface area contributed by atoms with Crippen molar-refractivity contribution in [3.63, 3.8) is 0 Å². The highest BCUT2D eigenvalue weighted by atomic mass is 32.1. The Bertz CT molecular complexity index is 3790. The van der Waals surface area contributed by atoms with Crippen molar-refractivity contribution in [2.45, 2.75) is 10.8 Å². The van der Waals surface area contributed by atoms with Crippen LogP contribution < -0.4 is 14.4 Å². The van der Waals surface area contributed by atoms with E-state index in [2.05, 4.69) is 229 Å². The summed E-state index contributed by atoms with van der Waals surface area (Å²) in [6, 6.07) is 82.4. The number of thiophene rings is 1. The normalized spacial score (nSPS) is 14.5. The van der Waals surface area contributed by atoms with E-state index in [4.69, 9.17) is 9.47 Å². The Kier molecular flexibility index (Phi) is 7.24. The molecule has 0 N–H and O–H groups in total. The van der Waals surface area contributed by atoms with Crippen LogP contribution in [0.2, 0.25) is 0 Å². The topological polar surface area (TPSA) is 21.7 Å². The molecule has 4 aliphatic rings. The smallest absolute Gasteiger partial charge is 0.132 e. The van der Waals surface area contributed by atoms with E-state index in [1.165, 1.54) is 64.7 Å². The minimum atomic E-state index is -0.601. The lowest BCUT2D eigenvalue weighted by atomic mass is 9.66. The van der Waals surface area contributed by atoms with Gasteiger partial charge in [-0.3, -0.25) is 0 Å². The van der Waals surface area contributed by atoms with E-state index >= 15 is 0 Å². The molecule has 0 bridgehead atoms. The fourth-order valence-electron chi connectivity index (χ4n) is 12.4. The standard InChI is InChI=1S/C62H37NO2S/c1-4-21-44-39(17-1)43-37-38(35-36-46(43)61(44)47-23-6-10-30-54(47)64-55-31-11-7-24-48(55)61)63(53-29-15-20-41-40-18-3-14-34-58(40)66-60(41)53)52-28-16-27-51-59(52)42-19-2-5-22-45(42)62(51)49-25-8-12-32-56(49)65-57-33-13-9-26-50(57)62/h1-37H. The first-order valence-electron chi connectivity index (χ1n) is 22.7. The molecule has 1 aromatic heterocycles. The Balaban J connectivity index is 1.05. The van der Waals surface area contributed by atoms with Crippen LogP contribution >= 0.6 is 11.3 Å². The molecule has 10 aromatic carbocycles. The predicted molar refractivity (Wildman–Crippen MR) is 269 cm³/mol. The molecule has 3 nitrogen and oxygen atoms in total. The first-order chi connectivity index (χ1) is 32.7. The van der Waals surface area contributed by atoms with Gasteiger partial charge in [0, 0.05) is 49.0 Å². The number of rotatable bonds is 3. The molecular weight excluding hydrogens is 823 g/mol. The lowest BCUT2D eigenvalue weighted by Crippen LogP contribution is -2.32. The second-order valence-corrected chi connectivity index (χ2v) is 18.8. The SMILES string of the molecule is c1ccc2c(c1)Oc1ccccc1C21c2ccccc2-c2cc(N(c3cccc4c3-c3ccccc3C43c4ccccc4Oc4ccccc43)c3cccc4c3sc3ccccc34)ccc21. The monoisotopic (exact) mass is 859 g/mol. The summed E-state index contributed by atoms with van der Waals surface area (Å²) in [5, 5.41) is 2.54. The minimum absolute atomic E-state index is 0.560. The van der Waals surface area contributed by atoms with Gasteiger partial charge in [0.05, 0.1) is 26.9 Å². The summed E-state index contributed by atoms with van der Waals surface area (Å²) in [7, 11) is 0. The van der Waals surface area contributed by atoms with Crippen LogP contribution in [0.15, 0.2) is 224 Å². The summed E-state index contributed by atoms with van der Waals surface area (Å²) in [6.45, 7) is 0. The van der Waals surface area contributed by atoms with Crippen LogP contribution in [0.25, 0.3) is 42.4 Å². The van der Waals surface area contributed by atoms with Crippen molar-refractivity contribution >= 4 is 48.6 Å². The van der Waals surface area contributed by atoms with Crippen LogP contribution in [-0.2, 0) is 10.8 Å². The molecule has 2 aliphatic carbocycles. The Hall–Kier alpha value is -8.18. The van der Waals surface area contributed by atoms with Crippen LogP contribution in [0.5, 0.6) is 23.0 Å². The fraction of sp³-hybridized carbons (Fsp3) is 0.0323. The summed E-state index contributed by atoms with van der Waals surface area (Å²) in [5.74, 6) is 3.56. The molecule has 0 radical (unpaired) electrons. The zero-order valence-electron chi connectivity index (χ0n) is 35.5. The van der Waals surface area contributed by atoms with Crippen molar-refractivity contribution in [1.82, 2.24) is 0 Å². The average molecular weight is 860 g/mol. The van der Waals surface area contributed by atoms with Gasteiger partial charge in [0.1, 0.15) is 23.0 Å². The van der Waals surface area contributed by atoms with Gasteiger partial charge in [-0.05, 0) is 93.5 Å². The second kappa shape index (κ2) is 13.2. The summed E-state index contributed by atoms with van der Waals surface area (Å²) < 4.78 is 15.9. The number of para-hydroxylation sites is 4. The number of anilines is 3. The molecule has 15 rings (SSSR count). The van der Waals surface area contributed by atoms with Gasteiger partial charge in [0.2, 0.25) is 0 Å². The van der Waals surface area contributed by atoms with Crippen molar-refractivity contribution in [1.29, 1.82) is 0 Å². The molecule has 2 aliphatic heterocycles. The van der Waals surface area contributed by atoms with Gasteiger partial charge in [-0.1, -0.05) is 170 Å². The van der Waals surface area contributed by atoms with Crippen molar-refractivity contribution < 1.29 is 9.47 Å². The third kappa shape index (κ3) is 4.47. The predicted octanol–water partition coefficient (Wildman–Crippen LogP) is 16.5. The lowest BCUT2D eigenvalue weighted by molar-refractivity contribution is 0.436. The van der Waals surface area contributed by atoms with Crippen molar-refractivity contribution in [2.75, 3.05) is 4.90 Å². The van der Waals surface area contributed by atoms with Gasteiger partial charge in [-0.15, -0.1) is 11.3 Å². The van der Waals surface area contributed by atoms with Crippen LogP contribution in [0.4, 0.5) is 17.1 Å². The average Bonchev–Trinajstić information content (AvgIpc) is 4.00. The van der Waals surface area contributed by atoms with Gasteiger partial charge in [-0.25, -0.2) is 0 Å². The largest absolute Gasteiger partial charge is 0.457 e. The summed E-state index contributed by atoms with van der Waals surface area (Å²) in [5.41, 5.74) is 16.8. The lowest BCUT2D eigenvalue weighted by Gasteiger charge is -2.39. The number of benzene rings is 10. The fourth-order valence-corrected chi connectivity index (χ4v) is 13.6. The molecule has 0 saturated heterocycles. The molecule has 0 saturated carbocycles. The van der Waals surface area contributed by atoms with E-state index in [1.54, 1.807) is 0 Å². The number of fused-ring (bicyclic) bond motifs is 21. The Morgan fingerprint density at radius 1 is 0.333 bits per heavy atom. The second-order valence-electron chi connectivity index (χ2n) is 17.8. The molecule has 0 atom stereocenters. The van der Waals surface area contributed by atoms with E-state index in [9.17, 15) is 0 Å². The van der Waals surface area contributed by atoms with E-state index in [1.807, 2.05) is 11.3 Å².